The minimum absolute atomic E-state index is 0.623. The molecule has 1 atom stereocenters. The Bertz CT molecular complexity index is 476. The second-order valence-corrected chi connectivity index (χ2v) is 4.84. The van der Waals surface area contributed by atoms with E-state index in [2.05, 4.69) is 0 Å². The smallest absolute Gasteiger partial charge is 0.262 e. The molecule has 0 saturated carbocycles. The highest BCUT2D eigenvalue weighted by Gasteiger charge is 2.82. The Morgan fingerprint density at radius 2 is 0.800 bits per heavy atom. The zero-order valence-electron chi connectivity index (χ0n) is 10.4. The molecule has 0 saturated heterocycles. The number of hydrogen-bond acceptors (Lipinski definition) is 2. The number of ether oxygens (including phenoxy) is 2. The molecule has 0 spiro atoms. The lowest BCUT2D eigenvalue weighted by atomic mass is 10.2. The van der Waals surface area contributed by atoms with Gasteiger partial charge < -0.3 is 0 Å². The maximum Gasteiger partial charge on any atom is 0.483 e. The van der Waals surface area contributed by atoms with Crippen LogP contribution in [0, 0.1) is 0 Å². The minimum Gasteiger partial charge on any atom is -0.262 e. The van der Waals surface area contributed by atoms with E-state index in [1.54, 1.807) is 4.74 Å². The van der Waals surface area contributed by atoms with Crippen LogP contribution in [0.2, 0.25) is 0 Å². The van der Waals surface area contributed by atoms with E-state index in [0.717, 1.165) is 0 Å². The largest absolute Gasteiger partial charge is 0.483 e. The van der Waals surface area contributed by atoms with Crippen LogP contribution < -0.4 is 0 Å². The number of alkyl halides is 16. The summed E-state index contributed by atoms with van der Waals surface area (Å²) >= 11 is 0.623. The van der Waals surface area contributed by atoms with Crippen LogP contribution in [0.25, 0.3) is 0 Å². The van der Waals surface area contributed by atoms with Crippen molar-refractivity contribution in [2.24, 2.45) is 0 Å². The minimum atomic E-state index is -7.56. The van der Waals surface area contributed by atoms with Crippen LogP contribution in [0.5, 0.6) is 0 Å². The summed E-state index contributed by atoms with van der Waals surface area (Å²) in [7, 11) is 0. The Labute approximate surface area is 134 Å². The molecule has 0 rings (SSSR count). The first-order chi connectivity index (χ1) is 10.4. The topological polar surface area (TPSA) is 18.5 Å². The van der Waals surface area contributed by atoms with E-state index in [0.29, 0.717) is 15.9 Å². The van der Waals surface area contributed by atoms with E-state index in [1.807, 2.05) is 0 Å². The molecule has 0 aliphatic heterocycles. The molecular formula is C7BrF15O2. The van der Waals surface area contributed by atoms with Crippen molar-refractivity contribution in [2.75, 3.05) is 0 Å². The molecule has 0 heterocycles. The Morgan fingerprint density at radius 3 is 1.04 bits per heavy atom. The van der Waals surface area contributed by atoms with Crippen LogP contribution in [-0.2, 0) is 9.47 Å². The van der Waals surface area contributed by atoms with Gasteiger partial charge in [0.05, 0.1) is 0 Å². The van der Waals surface area contributed by atoms with Crippen molar-refractivity contribution in [3.8, 4) is 0 Å². The zero-order valence-corrected chi connectivity index (χ0v) is 11.9. The lowest BCUT2D eigenvalue weighted by Crippen LogP contribution is -2.64. The van der Waals surface area contributed by atoms with Crippen LogP contribution in [0.4, 0.5) is 65.9 Å². The summed E-state index contributed by atoms with van der Waals surface area (Å²) in [6.07, 6.45) is -36.3. The summed E-state index contributed by atoms with van der Waals surface area (Å²) in [5, 5.41) is 0. The van der Waals surface area contributed by atoms with Gasteiger partial charge in [0.1, 0.15) is 0 Å². The van der Waals surface area contributed by atoms with Crippen molar-refractivity contribution in [1.29, 1.82) is 0 Å². The van der Waals surface area contributed by atoms with E-state index < -0.39 is 41.4 Å². The second kappa shape index (κ2) is 6.21. The normalized spacial score (nSPS) is 18.2. The van der Waals surface area contributed by atoms with E-state index in [4.69, 9.17) is 0 Å². The molecule has 152 valence electrons. The molecular weight excluding hydrogens is 481 g/mol. The van der Waals surface area contributed by atoms with Crippen molar-refractivity contribution in [2.45, 2.75) is 41.4 Å². The zero-order chi connectivity index (χ0) is 20.9. The van der Waals surface area contributed by atoms with Crippen molar-refractivity contribution < 1.29 is 75.3 Å². The van der Waals surface area contributed by atoms with Crippen molar-refractivity contribution in [3.63, 3.8) is 0 Å². The molecule has 0 aromatic heterocycles. The van der Waals surface area contributed by atoms with Gasteiger partial charge in [-0.25, -0.2) is 4.74 Å². The Kier molecular flexibility index (Phi) is 6.05. The van der Waals surface area contributed by atoms with Gasteiger partial charge in [0.2, 0.25) is 0 Å². The molecule has 0 fully saturated rings. The molecule has 0 aliphatic carbocycles. The summed E-state index contributed by atoms with van der Waals surface area (Å²) in [4.78, 5) is -5.98. The van der Waals surface area contributed by atoms with Crippen LogP contribution >= 0.6 is 15.9 Å². The van der Waals surface area contributed by atoms with Gasteiger partial charge in [-0.05, 0) is 0 Å². The molecule has 0 aliphatic rings. The predicted octanol–water partition coefficient (Wildman–Crippen LogP) is 5.58. The molecule has 25 heavy (non-hydrogen) atoms. The summed E-state index contributed by atoms with van der Waals surface area (Å²) in [5.74, 6) is -7.55. The first-order valence-electron chi connectivity index (χ1n) is 4.84. The van der Waals surface area contributed by atoms with Gasteiger partial charge in [0.25, 0.3) is 0 Å². The lowest BCUT2D eigenvalue weighted by molar-refractivity contribution is -0.551. The molecule has 0 bridgehead atoms. The molecule has 0 amide bonds. The predicted molar refractivity (Wildman–Crippen MR) is 46.8 cm³/mol. The highest BCUT2D eigenvalue weighted by Crippen LogP contribution is 2.55. The summed E-state index contributed by atoms with van der Waals surface area (Å²) in [6.45, 7) is 0. The second-order valence-electron chi connectivity index (χ2n) is 3.84. The third kappa shape index (κ3) is 4.75. The molecule has 18 heteroatoms. The third-order valence-corrected chi connectivity index (χ3v) is 2.39. The van der Waals surface area contributed by atoms with E-state index >= 15 is 0 Å². The van der Waals surface area contributed by atoms with E-state index in [-0.39, 0.29) is 0 Å². The molecule has 1 unspecified atom stereocenters. The van der Waals surface area contributed by atoms with Crippen LogP contribution in [0.3, 0.4) is 0 Å². The number of halogens is 16. The fourth-order valence-corrected chi connectivity index (χ4v) is 0.882. The van der Waals surface area contributed by atoms with E-state index in [9.17, 15) is 65.9 Å². The summed E-state index contributed by atoms with van der Waals surface area (Å²) in [5.41, 5.74) is 0. The van der Waals surface area contributed by atoms with Crippen molar-refractivity contribution >= 4 is 15.9 Å². The van der Waals surface area contributed by atoms with Gasteiger partial charge in [0, 0.05) is 15.9 Å². The van der Waals surface area contributed by atoms with Crippen LogP contribution in [0.15, 0.2) is 0 Å². The first-order valence-corrected chi connectivity index (χ1v) is 5.63. The maximum atomic E-state index is 13.3. The van der Waals surface area contributed by atoms with Crippen LogP contribution in [0.1, 0.15) is 0 Å². The van der Waals surface area contributed by atoms with Gasteiger partial charge in [-0.15, -0.1) is 0 Å². The highest BCUT2D eigenvalue weighted by atomic mass is 79.9. The molecule has 2 nitrogen and oxygen atoms in total. The van der Waals surface area contributed by atoms with Crippen molar-refractivity contribution in [1.82, 2.24) is 0 Å². The lowest BCUT2D eigenvalue weighted by Gasteiger charge is -2.38. The molecule has 0 aromatic rings. The number of rotatable bonds is 6. The van der Waals surface area contributed by atoms with Crippen molar-refractivity contribution in [3.05, 3.63) is 0 Å². The molecule has 0 aromatic carbocycles. The maximum absolute atomic E-state index is 13.3. The van der Waals surface area contributed by atoms with Gasteiger partial charge in [0.15, 0.2) is 0 Å². The Morgan fingerprint density at radius 1 is 0.440 bits per heavy atom. The SMILES string of the molecule is FC(F)(F)C(F)(F)OC(F)(F)C(F)(OC(F)(F)C(F)(F)Br)C(F)(F)F. The molecule has 0 N–H and O–H groups in total. The van der Waals surface area contributed by atoms with Gasteiger partial charge in [-0.2, -0.15) is 65.9 Å². The van der Waals surface area contributed by atoms with Gasteiger partial charge in [-0.3, -0.25) is 4.74 Å². The Balaban J connectivity index is 6.13. The summed E-state index contributed by atoms with van der Waals surface area (Å²) < 4.78 is 188. The fraction of sp³-hybridized carbons (Fsp3) is 1.00. The summed E-state index contributed by atoms with van der Waals surface area (Å²) in [6, 6.07) is 0. The quantitative estimate of drug-likeness (QED) is 0.365. The third-order valence-electron chi connectivity index (χ3n) is 1.92. The average Bonchev–Trinajstić information content (AvgIpc) is 2.21. The monoisotopic (exact) mass is 480 g/mol. The first kappa shape index (κ1) is 24.3. The fourth-order valence-electron chi connectivity index (χ4n) is 0.801. The van der Waals surface area contributed by atoms with Gasteiger partial charge >= 0.3 is 41.4 Å². The average molecular weight is 481 g/mol. The molecule has 0 radical (unpaired) electrons. The Hall–Kier alpha value is -0.650. The standard InChI is InChI=1S/C7BrF15O2/c8-2(10,11)6(20,21)24-1(9,3(12,13)14)5(18,19)25-7(22,23)4(15,16)17. The van der Waals surface area contributed by atoms with E-state index in [1.165, 1.54) is 4.74 Å². The number of hydrogen-bond donors (Lipinski definition) is 0. The van der Waals surface area contributed by atoms with Gasteiger partial charge in [-0.1, -0.05) is 0 Å². The highest BCUT2D eigenvalue weighted by molar-refractivity contribution is 9.10. The van der Waals surface area contributed by atoms with Crippen LogP contribution in [-0.4, -0.2) is 41.4 Å².